The Morgan fingerprint density at radius 1 is 0.759 bits per heavy atom. The molecule has 4 rings (SSSR count). The summed E-state index contributed by atoms with van der Waals surface area (Å²) in [5.41, 5.74) is 1.88. The average molecular weight is 385 g/mol. The third-order valence-corrected chi connectivity index (χ3v) is 3.93. The third-order valence-electron chi connectivity index (χ3n) is 3.93. The van der Waals surface area contributed by atoms with Crippen molar-refractivity contribution in [1.29, 1.82) is 0 Å². The third kappa shape index (κ3) is 4.30. The van der Waals surface area contributed by atoms with Gasteiger partial charge in [-0.25, -0.2) is 0 Å². The number of benzene rings is 1. The summed E-state index contributed by atoms with van der Waals surface area (Å²) in [6.07, 6.45) is 3.19. The van der Waals surface area contributed by atoms with E-state index in [1.807, 2.05) is 6.07 Å². The average Bonchev–Trinajstić information content (AvgIpc) is 3.24. The summed E-state index contributed by atoms with van der Waals surface area (Å²) in [6, 6.07) is 17.0. The van der Waals surface area contributed by atoms with Crippen LogP contribution in [0.1, 0.15) is 20.8 Å². The molecule has 0 unspecified atom stereocenters. The number of amides is 2. The fourth-order valence-corrected chi connectivity index (χ4v) is 2.51. The van der Waals surface area contributed by atoms with Crippen molar-refractivity contribution in [1.82, 2.24) is 25.1 Å². The van der Waals surface area contributed by atoms with Gasteiger partial charge in [0.2, 0.25) is 5.95 Å². The zero-order valence-corrected chi connectivity index (χ0v) is 15.0. The standard InChI is InChI=1S/C20H15N7O2/c28-18(25-20-24-17(26-27-20)15-5-1-3-11-21-15)13-7-9-14(10-8-13)23-19(29)16-6-2-4-12-22-16/h1-12H,(H,23,29)(H2,24,25,26,27,28). The van der Waals surface area contributed by atoms with Crippen LogP contribution in [-0.4, -0.2) is 37.0 Å². The van der Waals surface area contributed by atoms with Gasteiger partial charge in [-0.05, 0) is 48.5 Å². The van der Waals surface area contributed by atoms with Gasteiger partial charge in [-0.3, -0.25) is 24.9 Å². The topological polar surface area (TPSA) is 126 Å². The number of anilines is 2. The van der Waals surface area contributed by atoms with E-state index in [1.165, 1.54) is 0 Å². The van der Waals surface area contributed by atoms with E-state index in [0.717, 1.165) is 0 Å². The number of nitrogens with zero attached hydrogens (tertiary/aromatic N) is 4. The van der Waals surface area contributed by atoms with Crippen LogP contribution in [0.3, 0.4) is 0 Å². The van der Waals surface area contributed by atoms with Gasteiger partial charge < -0.3 is 10.3 Å². The second kappa shape index (κ2) is 8.09. The first-order valence-corrected chi connectivity index (χ1v) is 8.67. The van der Waals surface area contributed by atoms with Crippen molar-refractivity contribution in [2.24, 2.45) is 0 Å². The predicted molar refractivity (Wildman–Crippen MR) is 106 cm³/mol. The van der Waals surface area contributed by atoms with E-state index in [1.54, 1.807) is 67.0 Å². The van der Waals surface area contributed by atoms with Crippen molar-refractivity contribution in [3.8, 4) is 11.5 Å². The van der Waals surface area contributed by atoms with Gasteiger partial charge in [-0.15, -0.1) is 10.2 Å². The van der Waals surface area contributed by atoms with E-state index in [-0.39, 0.29) is 17.8 Å². The van der Waals surface area contributed by atoms with Gasteiger partial charge in [0.05, 0.1) is 0 Å². The Hall–Kier alpha value is -4.40. The van der Waals surface area contributed by atoms with Crippen LogP contribution in [0.25, 0.3) is 11.5 Å². The van der Waals surface area contributed by atoms with E-state index in [4.69, 9.17) is 0 Å². The lowest BCUT2D eigenvalue weighted by Crippen LogP contribution is -2.15. The van der Waals surface area contributed by atoms with Crippen LogP contribution in [0.2, 0.25) is 0 Å². The van der Waals surface area contributed by atoms with Crippen LogP contribution in [0.5, 0.6) is 0 Å². The monoisotopic (exact) mass is 385 g/mol. The van der Waals surface area contributed by atoms with Crippen LogP contribution >= 0.6 is 0 Å². The highest BCUT2D eigenvalue weighted by Gasteiger charge is 2.12. The maximum Gasteiger partial charge on any atom is 0.274 e. The minimum atomic E-state index is -0.365. The number of pyridine rings is 2. The van der Waals surface area contributed by atoms with Crippen LogP contribution in [0.4, 0.5) is 11.6 Å². The summed E-state index contributed by atoms with van der Waals surface area (Å²) in [5.74, 6) is -0.0282. The Kier molecular flexibility index (Phi) is 5.02. The first kappa shape index (κ1) is 18.0. The molecule has 2 amide bonds. The van der Waals surface area contributed by atoms with E-state index < -0.39 is 0 Å². The molecule has 4 aromatic rings. The highest BCUT2D eigenvalue weighted by molar-refractivity contribution is 6.05. The van der Waals surface area contributed by atoms with Crippen molar-refractivity contribution < 1.29 is 9.59 Å². The summed E-state index contributed by atoms with van der Waals surface area (Å²) in [7, 11) is 0. The van der Waals surface area contributed by atoms with Crippen LogP contribution in [0, 0.1) is 0 Å². The summed E-state index contributed by atoms with van der Waals surface area (Å²) in [6.45, 7) is 0. The number of H-pyrrole nitrogens is 1. The summed E-state index contributed by atoms with van der Waals surface area (Å²) < 4.78 is 0. The molecule has 0 aliphatic rings. The molecule has 9 nitrogen and oxygen atoms in total. The fourth-order valence-electron chi connectivity index (χ4n) is 2.51. The maximum absolute atomic E-state index is 12.4. The van der Waals surface area contributed by atoms with Gasteiger partial charge in [0, 0.05) is 23.6 Å². The molecule has 1 aromatic carbocycles. The Bertz CT molecular complexity index is 1130. The fraction of sp³-hybridized carbons (Fsp3) is 0. The molecule has 0 saturated heterocycles. The quantitative estimate of drug-likeness (QED) is 0.485. The number of aromatic amines is 1. The van der Waals surface area contributed by atoms with Gasteiger partial charge in [0.1, 0.15) is 11.4 Å². The van der Waals surface area contributed by atoms with Crippen LogP contribution in [-0.2, 0) is 0 Å². The number of carbonyl (C=O) groups excluding carboxylic acids is 2. The number of hydrogen-bond donors (Lipinski definition) is 3. The van der Waals surface area contributed by atoms with E-state index in [0.29, 0.717) is 28.5 Å². The molecule has 9 heteroatoms. The Labute approximate surface area is 165 Å². The molecule has 0 spiro atoms. The molecule has 0 radical (unpaired) electrons. The van der Waals surface area contributed by atoms with E-state index in [9.17, 15) is 9.59 Å². The number of rotatable bonds is 5. The lowest BCUT2D eigenvalue weighted by molar-refractivity contribution is 0.101. The van der Waals surface area contributed by atoms with Gasteiger partial charge in [0.25, 0.3) is 11.8 Å². The smallest absolute Gasteiger partial charge is 0.274 e. The van der Waals surface area contributed by atoms with Gasteiger partial charge >= 0.3 is 0 Å². The molecule has 3 aromatic heterocycles. The lowest BCUT2D eigenvalue weighted by atomic mass is 10.2. The first-order valence-electron chi connectivity index (χ1n) is 8.67. The van der Waals surface area contributed by atoms with Crippen molar-refractivity contribution in [3.05, 3.63) is 84.3 Å². The van der Waals surface area contributed by atoms with Gasteiger partial charge in [-0.2, -0.15) is 0 Å². The summed E-state index contributed by atoms with van der Waals surface area (Å²) >= 11 is 0. The minimum absolute atomic E-state index is 0.211. The Morgan fingerprint density at radius 3 is 2.21 bits per heavy atom. The highest BCUT2D eigenvalue weighted by Crippen LogP contribution is 2.14. The molecule has 0 atom stereocenters. The second-order valence-corrected chi connectivity index (χ2v) is 5.94. The zero-order chi connectivity index (χ0) is 20.1. The Morgan fingerprint density at radius 2 is 1.52 bits per heavy atom. The second-order valence-electron chi connectivity index (χ2n) is 5.94. The molecule has 0 bridgehead atoms. The zero-order valence-electron chi connectivity index (χ0n) is 15.0. The van der Waals surface area contributed by atoms with Crippen molar-refractivity contribution in [2.45, 2.75) is 0 Å². The molecule has 0 aliphatic heterocycles. The molecule has 0 saturated carbocycles. The number of hydrogen-bond acceptors (Lipinski definition) is 6. The molecule has 142 valence electrons. The molecule has 29 heavy (non-hydrogen) atoms. The van der Waals surface area contributed by atoms with Crippen LogP contribution in [0.15, 0.2) is 73.1 Å². The molecule has 3 heterocycles. The SMILES string of the molecule is O=C(Nc1nnc(-c2ccccn2)[nH]1)c1ccc(NC(=O)c2ccccn2)cc1. The Balaban J connectivity index is 1.40. The van der Waals surface area contributed by atoms with Crippen LogP contribution < -0.4 is 10.6 Å². The number of aromatic nitrogens is 5. The lowest BCUT2D eigenvalue weighted by Gasteiger charge is -2.06. The molecule has 3 N–H and O–H groups in total. The summed E-state index contributed by atoms with van der Waals surface area (Å²) in [4.78, 5) is 35.6. The van der Waals surface area contributed by atoms with E-state index in [2.05, 4.69) is 35.8 Å². The predicted octanol–water partition coefficient (Wildman–Crippen LogP) is 2.77. The maximum atomic E-state index is 12.4. The van der Waals surface area contributed by atoms with Gasteiger partial charge in [0.15, 0.2) is 5.82 Å². The molecule has 0 aliphatic carbocycles. The first-order chi connectivity index (χ1) is 14.2. The number of nitrogens with one attached hydrogen (secondary N) is 3. The summed E-state index contributed by atoms with van der Waals surface area (Å²) in [5, 5.41) is 13.2. The van der Waals surface area contributed by atoms with Crippen molar-refractivity contribution in [3.63, 3.8) is 0 Å². The van der Waals surface area contributed by atoms with E-state index >= 15 is 0 Å². The largest absolute Gasteiger partial charge is 0.321 e. The normalized spacial score (nSPS) is 10.3. The molecular formula is C20H15N7O2. The van der Waals surface area contributed by atoms with Crippen molar-refractivity contribution in [2.75, 3.05) is 10.6 Å². The minimum Gasteiger partial charge on any atom is -0.321 e. The number of carbonyl (C=O) groups is 2. The van der Waals surface area contributed by atoms with Crippen molar-refractivity contribution >= 4 is 23.5 Å². The van der Waals surface area contributed by atoms with Gasteiger partial charge in [-0.1, -0.05) is 12.1 Å². The molecule has 0 fully saturated rings. The molecular weight excluding hydrogens is 370 g/mol. The highest BCUT2D eigenvalue weighted by atomic mass is 16.2.